The molecular weight excluding hydrogens is 577 g/mol. The summed E-state index contributed by atoms with van der Waals surface area (Å²) in [5.41, 5.74) is 3.37. The number of hydrogen-bond donors (Lipinski definition) is 0. The van der Waals surface area contributed by atoms with E-state index in [1.807, 2.05) is 71.1 Å². The van der Waals surface area contributed by atoms with Crippen molar-refractivity contribution in [1.82, 2.24) is 9.80 Å². The van der Waals surface area contributed by atoms with Gasteiger partial charge in [-0.15, -0.1) is 13.2 Å². The fourth-order valence-corrected chi connectivity index (χ4v) is 6.65. The number of ether oxygens (including phenoxy) is 2. The van der Waals surface area contributed by atoms with Gasteiger partial charge in [0, 0.05) is 17.6 Å². The van der Waals surface area contributed by atoms with E-state index in [4.69, 9.17) is 16.3 Å². The van der Waals surface area contributed by atoms with Crippen molar-refractivity contribution in [1.29, 1.82) is 0 Å². The molecule has 240 valence electrons. The largest absolute Gasteiger partial charge is 0.522 e. The van der Waals surface area contributed by atoms with Crippen LogP contribution in [0.5, 0.6) is 0 Å². The van der Waals surface area contributed by atoms with E-state index < -0.39 is 24.1 Å². The number of nitrogens with zero attached hydrogens (tertiary/aromatic N) is 2. The van der Waals surface area contributed by atoms with Gasteiger partial charge >= 0.3 is 12.3 Å². The van der Waals surface area contributed by atoms with Crippen LogP contribution in [0.1, 0.15) is 107 Å². The lowest BCUT2D eigenvalue weighted by atomic mass is 9.77. The lowest BCUT2D eigenvalue weighted by Crippen LogP contribution is -2.39. The Balaban J connectivity index is 1.94. The molecule has 1 fully saturated rings. The molecular formula is C34H48ClF3N2O3. The number of halogens is 4. The third-order valence-corrected chi connectivity index (χ3v) is 8.58. The zero-order valence-corrected chi connectivity index (χ0v) is 27.4. The van der Waals surface area contributed by atoms with Gasteiger partial charge in [-0.1, -0.05) is 55.8 Å². The Bertz CT molecular complexity index is 1190. The molecule has 0 spiro atoms. The van der Waals surface area contributed by atoms with Crippen LogP contribution in [-0.2, 0) is 14.3 Å². The Hall–Kier alpha value is -2.13. The van der Waals surface area contributed by atoms with Crippen molar-refractivity contribution >= 4 is 17.6 Å². The average Bonchev–Trinajstić information content (AvgIpc) is 2.90. The second-order valence-corrected chi connectivity index (χ2v) is 13.0. The maximum absolute atomic E-state index is 13.9. The number of carbonyl (C=O) groups is 1. The van der Waals surface area contributed by atoms with Crippen molar-refractivity contribution in [3.05, 3.63) is 69.7 Å². The molecule has 0 aliphatic heterocycles. The van der Waals surface area contributed by atoms with Gasteiger partial charge in [-0.2, -0.15) is 0 Å². The number of hydrogen-bond acceptors (Lipinski definition) is 5. The monoisotopic (exact) mass is 624 g/mol. The summed E-state index contributed by atoms with van der Waals surface area (Å²) in [6.45, 7) is 14.2. The number of likely N-dealkylation sites (N-methyl/N-ethyl adjacent to an activating group) is 1. The summed E-state index contributed by atoms with van der Waals surface area (Å²) in [7, 11) is 1.95. The van der Waals surface area contributed by atoms with Crippen LogP contribution in [0.25, 0.3) is 0 Å². The van der Waals surface area contributed by atoms with Gasteiger partial charge in [0.2, 0.25) is 0 Å². The van der Waals surface area contributed by atoms with Crippen molar-refractivity contribution in [2.24, 2.45) is 0 Å². The van der Waals surface area contributed by atoms with Crippen molar-refractivity contribution in [3.63, 3.8) is 0 Å². The van der Waals surface area contributed by atoms with Gasteiger partial charge in [-0.3, -0.25) is 14.5 Å². The van der Waals surface area contributed by atoms with Crippen LogP contribution in [0.15, 0.2) is 42.5 Å². The van der Waals surface area contributed by atoms with Crippen LogP contribution in [-0.4, -0.2) is 60.5 Å². The van der Waals surface area contributed by atoms with Gasteiger partial charge in [0.05, 0.1) is 6.10 Å². The molecule has 0 heterocycles. The molecule has 0 N–H and O–H groups in total. The van der Waals surface area contributed by atoms with Gasteiger partial charge in [-0.05, 0) is 120 Å². The first kappa shape index (κ1) is 35.4. The summed E-state index contributed by atoms with van der Waals surface area (Å²) in [4.78, 5) is 18.4. The minimum atomic E-state index is -4.63. The SMILES string of the molecule is CCN(CC)[C@@H](CCN(C)C(C(=O)OC(C)(C)C)c1cccc(C)c1C1CCC(OC(F)(F)F)CC1)c1cccc(Cl)c1. The minimum Gasteiger partial charge on any atom is -0.459 e. The predicted octanol–water partition coefficient (Wildman–Crippen LogP) is 9.00. The van der Waals surface area contributed by atoms with E-state index in [-0.39, 0.29) is 17.9 Å². The first-order valence-electron chi connectivity index (χ1n) is 15.4. The Labute approximate surface area is 260 Å². The molecule has 1 unspecified atom stereocenters. The molecule has 0 bridgehead atoms. The Morgan fingerprint density at radius 1 is 1.02 bits per heavy atom. The molecule has 0 saturated heterocycles. The van der Waals surface area contributed by atoms with E-state index in [1.165, 1.54) is 0 Å². The summed E-state index contributed by atoms with van der Waals surface area (Å²) < 4.78 is 48.9. The van der Waals surface area contributed by atoms with Gasteiger partial charge in [-0.25, -0.2) is 4.79 Å². The molecule has 9 heteroatoms. The summed E-state index contributed by atoms with van der Waals surface area (Å²) in [5, 5.41) is 0.689. The highest BCUT2D eigenvalue weighted by atomic mass is 35.5. The third kappa shape index (κ3) is 10.2. The molecule has 2 atom stereocenters. The quantitative estimate of drug-likeness (QED) is 0.221. The number of esters is 1. The van der Waals surface area contributed by atoms with Gasteiger partial charge in [0.1, 0.15) is 11.6 Å². The summed E-state index contributed by atoms with van der Waals surface area (Å²) in [5.74, 6) is -0.310. The van der Waals surface area contributed by atoms with Gasteiger partial charge in [0.25, 0.3) is 0 Å². The highest BCUT2D eigenvalue weighted by molar-refractivity contribution is 6.30. The highest BCUT2D eigenvalue weighted by Crippen LogP contribution is 2.42. The van der Waals surface area contributed by atoms with Crippen LogP contribution in [0.2, 0.25) is 5.02 Å². The molecule has 1 aliphatic rings. The lowest BCUT2D eigenvalue weighted by Gasteiger charge is -2.36. The van der Waals surface area contributed by atoms with Crippen molar-refractivity contribution < 1.29 is 27.4 Å². The van der Waals surface area contributed by atoms with Crippen LogP contribution in [0, 0.1) is 6.92 Å². The van der Waals surface area contributed by atoms with Gasteiger partial charge in [0.15, 0.2) is 0 Å². The molecule has 1 saturated carbocycles. The zero-order chi connectivity index (χ0) is 31.9. The number of alkyl halides is 3. The molecule has 0 aromatic heterocycles. The highest BCUT2D eigenvalue weighted by Gasteiger charge is 2.38. The summed E-state index contributed by atoms with van der Waals surface area (Å²) in [6, 6.07) is 13.3. The molecule has 1 aliphatic carbocycles. The van der Waals surface area contributed by atoms with E-state index >= 15 is 0 Å². The van der Waals surface area contributed by atoms with Crippen molar-refractivity contribution in [2.45, 2.75) is 110 Å². The Morgan fingerprint density at radius 3 is 2.21 bits per heavy atom. The van der Waals surface area contributed by atoms with E-state index in [9.17, 15) is 18.0 Å². The topological polar surface area (TPSA) is 42.0 Å². The smallest absolute Gasteiger partial charge is 0.459 e. The van der Waals surface area contributed by atoms with Gasteiger partial charge < -0.3 is 4.74 Å². The normalized spacial score (nSPS) is 19.5. The Kier molecular flexibility index (Phi) is 12.5. The summed E-state index contributed by atoms with van der Waals surface area (Å²) in [6.07, 6.45) is -2.96. The second kappa shape index (κ2) is 15.2. The Morgan fingerprint density at radius 2 is 1.65 bits per heavy atom. The molecule has 43 heavy (non-hydrogen) atoms. The molecule has 5 nitrogen and oxygen atoms in total. The number of carbonyl (C=O) groups excluding carboxylic acids is 1. The second-order valence-electron chi connectivity index (χ2n) is 12.6. The van der Waals surface area contributed by atoms with E-state index in [1.54, 1.807) is 0 Å². The molecule has 3 rings (SSSR count). The number of benzene rings is 2. The third-order valence-electron chi connectivity index (χ3n) is 8.35. The molecule has 0 radical (unpaired) electrons. The van der Waals surface area contributed by atoms with E-state index in [0.29, 0.717) is 37.3 Å². The summed E-state index contributed by atoms with van der Waals surface area (Å²) >= 11 is 6.37. The maximum Gasteiger partial charge on any atom is 0.522 e. The first-order valence-corrected chi connectivity index (χ1v) is 15.8. The number of aryl methyl sites for hydroxylation is 1. The average molecular weight is 625 g/mol. The van der Waals surface area contributed by atoms with Crippen molar-refractivity contribution in [3.8, 4) is 0 Å². The fraction of sp³-hybridized carbons (Fsp3) is 0.618. The fourth-order valence-electron chi connectivity index (χ4n) is 6.45. The minimum absolute atomic E-state index is 0.0255. The predicted molar refractivity (Wildman–Crippen MR) is 166 cm³/mol. The van der Waals surface area contributed by atoms with E-state index in [0.717, 1.165) is 41.8 Å². The first-order chi connectivity index (χ1) is 20.1. The van der Waals surface area contributed by atoms with E-state index in [2.05, 4.69) is 34.5 Å². The van der Waals surface area contributed by atoms with Crippen LogP contribution < -0.4 is 0 Å². The zero-order valence-electron chi connectivity index (χ0n) is 26.6. The van der Waals surface area contributed by atoms with Crippen LogP contribution in [0.3, 0.4) is 0 Å². The van der Waals surface area contributed by atoms with Crippen LogP contribution >= 0.6 is 11.6 Å². The van der Waals surface area contributed by atoms with Crippen molar-refractivity contribution in [2.75, 3.05) is 26.7 Å². The molecule has 2 aromatic carbocycles. The molecule has 2 aromatic rings. The standard InChI is InChI=1S/C34H48ClF3N2O3/c1-8-40(9-2)29(25-13-11-14-26(35)22-25)20-21-39(7)31(32(41)43-33(4,5)6)28-15-10-12-23(3)30(28)24-16-18-27(19-17-24)42-34(36,37)38/h10-15,22,24,27,29,31H,8-9,16-21H2,1-7H3/t24?,27?,29-,31?/m0/s1. The maximum atomic E-state index is 13.9. The van der Waals surface area contributed by atoms with Crippen LogP contribution in [0.4, 0.5) is 13.2 Å². The lowest BCUT2D eigenvalue weighted by molar-refractivity contribution is -0.345. The number of rotatable bonds is 12. The molecule has 0 amide bonds.